The number of carbonyl (C=O) groups is 1. The largest absolute Gasteiger partial charge is 0.326 e. The lowest BCUT2D eigenvalue weighted by Crippen LogP contribution is -2.47. The highest BCUT2D eigenvalue weighted by atomic mass is 16.2. The van der Waals surface area contributed by atoms with E-state index in [9.17, 15) is 4.79 Å². The van der Waals surface area contributed by atoms with Crippen LogP contribution in [0.5, 0.6) is 0 Å². The van der Waals surface area contributed by atoms with Crippen molar-refractivity contribution in [3.8, 4) is 0 Å². The molecule has 0 bridgehead atoms. The van der Waals surface area contributed by atoms with Crippen LogP contribution in [0.2, 0.25) is 0 Å². The molecule has 1 unspecified atom stereocenters. The van der Waals surface area contributed by atoms with Gasteiger partial charge >= 0.3 is 0 Å². The Balaban J connectivity index is 1.93. The molecule has 21 heavy (non-hydrogen) atoms. The second-order valence-corrected chi connectivity index (χ2v) is 6.77. The number of nitrogens with two attached hydrogens (primary N) is 1. The van der Waals surface area contributed by atoms with Gasteiger partial charge in [0.1, 0.15) is 0 Å². The van der Waals surface area contributed by atoms with Crippen molar-refractivity contribution in [1.82, 2.24) is 4.90 Å². The number of carbonyl (C=O) groups excluding carboxylic acids is 1. The molecule has 0 aromatic heterocycles. The van der Waals surface area contributed by atoms with E-state index in [2.05, 4.69) is 24.1 Å². The molecule has 0 saturated carbocycles. The third-order valence-corrected chi connectivity index (χ3v) is 4.51. The SMILES string of the molecule is CC(C(=O)Nc1cccc(CN)c1)N1CCC(C)(C)CC1. The number of piperidine rings is 1. The second-order valence-electron chi connectivity index (χ2n) is 6.77. The Kier molecular flexibility index (Phi) is 5.01. The Morgan fingerprint density at radius 2 is 2.05 bits per heavy atom. The highest BCUT2D eigenvalue weighted by Gasteiger charge is 2.30. The summed E-state index contributed by atoms with van der Waals surface area (Å²) in [5.74, 6) is 0.0591. The predicted molar refractivity (Wildman–Crippen MR) is 87.0 cm³/mol. The minimum atomic E-state index is -0.0948. The van der Waals surface area contributed by atoms with Crippen LogP contribution in [0.25, 0.3) is 0 Å². The van der Waals surface area contributed by atoms with Crippen LogP contribution in [-0.2, 0) is 11.3 Å². The maximum absolute atomic E-state index is 12.4. The topological polar surface area (TPSA) is 58.4 Å². The number of nitrogens with one attached hydrogen (secondary N) is 1. The number of nitrogens with zero attached hydrogens (tertiary/aromatic N) is 1. The molecule has 1 heterocycles. The van der Waals surface area contributed by atoms with Gasteiger partial charge in [-0.1, -0.05) is 26.0 Å². The third kappa shape index (κ3) is 4.29. The average Bonchev–Trinajstić information content (AvgIpc) is 2.46. The quantitative estimate of drug-likeness (QED) is 0.895. The second kappa shape index (κ2) is 6.58. The van der Waals surface area contributed by atoms with Crippen molar-refractivity contribution in [2.45, 2.75) is 46.2 Å². The van der Waals surface area contributed by atoms with E-state index in [0.717, 1.165) is 37.2 Å². The number of likely N-dealkylation sites (tertiary alicyclic amines) is 1. The number of hydrogen-bond donors (Lipinski definition) is 2. The molecule has 1 amide bonds. The Morgan fingerprint density at radius 3 is 2.67 bits per heavy atom. The predicted octanol–water partition coefficient (Wildman–Crippen LogP) is 2.59. The van der Waals surface area contributed by atoms with Gasteiger partial charge in [-0.15, -0.1) is 0 Å². The van der Waals surface area contributed by atoms with Crippen LogP contribution in [0.3, 0.4) is 0 Å². The molecule has 0 spiro atoms. The van der Waals surface area contributed by atoms with Crippen LogP contribution < -0.4 is 11.1 Å². The molecule has 1 saturated heterocycles. The van der Waals surface area contributed by atoms with Gasteiger partial charge in [0, 0.05) is 12.2 Å². The summed E-state index contributed by atoms with van der Waals surface area (Å²) in [6.07, 6.45) is 2.29. The smallest absolute Gasteiger partial charge is 0.241 e. The molecule has 2 rings (SSSR count). The maximum Gasteiger partial charge on any atom is 0.241 e. The van der Waals surface area contributed by atoms with Gasteiger partial charge in [-0.05, 0) is 56.0 Å². The van der Waals surface area contributed by atoms with Gasteiger partial charge in [0.05, 0.1) is 6.04 Å². The molecule has 4 heteroatoms. The molecule has 116 valence electrons. The van der Waals surface area contributed by atoms with Gasteiger partial charge in [0.2, 0.25) is 5.91 Å². The normalized spacial score (nSPS) is 20.0. The fourth-order valence-electron chi connectivity index (χ4n) is 2.71. The van der Waals surface area contributed by atoms with Crippen LogP contribution in [0.15, 0.2) is 24.3 Å². The monoisotopic (exact) mass is 289 g/mol. The van der Waals surface area contributed by atoms with E-state index in [1.54, 1.807) is 0 Å². The standard InChI is InChI=1S/C17H27N3O/c1-13(20-9-7-17(2,3)8-10-20)16(21)19-15-6-4-5-14(11-15)12-18/h4-6,11,13H,7-10,12,18H2,1-3H3,(H,19,21). The molecular weight excluding hydrogens is 262 g/mol. The molecule has 1 aliphatic rings. The van der Waals surface area contributed by atoms with Crippen molar-refractivity contribution in [3.63, 3.8) is 0 Å². The number of rotatable bonds is 4. The number of benzene rings is 1. The lowest BCUT2D eigenvalue weighted by Gasteiger charge is -2.39. The summed E-state index contributed by atoms with van der Waals surface area (Å²) in [7, 11) is 0. The van der Waals surface area contributed by atoms with Crippen LogP contribution in [0.1, 0.15) is 39.2 Å². The molecule has 1 atom stereocenters. The summed E-state index contributed by atoms with van der Waals surface area (Å²) in [4.78, 5) is 14.7. The first-order valence-electron chi connectivity index (χ1n) is 7.75. The molecule has 3 N–H and O–H groups in total. The fourth-order valence-corrected chi connectivity index (χ4v) is 2.71. The first kappa shape index (κ1) is 16.0. The highest BCUT2D eigenvalue weighted by Crippen LogP contribution is 2.30. The van der Waals surface area contributed by atoms with Gasteiger partial charge in [0.25, 0.3) is 0 Å². The Hall–Kier alpha value is -1.39. The summed E-state index contributed by atoms with van der Waals surface area (Å²) < 4.78 is 0. The molecule has 1 fully saturated rings. The zero-order chi connectivity index (χ0) is 15.5. The van der Waals surface area contributed by atoms with Crippen LogP contribution in [0.4, 0.5) is 5.69 Å². The van der Waals surface area contributed by atoms with Crippen molar-refractivity contribution >= 4 is 11.6 Å². The average molecular weight is 289 g/mol. The highest BCUT2D eigenvalue weighted by molar-refractivity contribution is 5.94. The summed E-state index contributed by atoms with van der Waals surface area (Å²) in [5, 5.41) is 3.00. The molecule has 0 radical (unpaired) electrons. The van der Waals surface area contributed by atoms with Crippen molar-refractivity contribution in [1.29, 1.82) is 0 Å². The van der Waals surface area contributed by atoms with Gasteiger partial charge in [-0.25, -0.2) is 0 Å². The van der Waals surface area contributed by atoms with Crippen LogP contribution in [-0.4, -0.2) is 29.9 Å². The van der Waals surface area contributed by atoms with E-state index in [-0.39, 0.29) is 11.9 Å². The van der Waals surface area contributed by atoms with Crippen molar-refractivity contribution in [3.05, 3.63) is 29.8 Å². The van der Waals surface area contributed by atoms with Gasteiger partial charge in [0.15, 0.2) is 0 Å². The van der Waals surface area contributed by atoms with Gasteiger partial charge < -0.3 is 11.1 Å². The van der Waals surface area contributed by atoms with E-state index in [4.69, 9.17) is 5.73 Å². The van der Waals surface area contributed by atoms with Gasteiger partial charge in [-0.2, -0.15) is 0 Å². The molecule has 1 aromatic rings. The fraction of sp³-hybridized carbons (Fsp3) is 0.588. The first-order valence-corrected chi connectivity index (χ1v) is 7.75. The molecule has 0 aliphatic carbocycles. The van der Waals surface area contributed by atoms with Crippen molar-refractivity contribution in [2.75, 3.05) is 18.4 Å². The Morgan fingerprint density at radius 1 is 1.38 bits per heavy atom. The first-order chi connectivity index (χ1) is 9.91. The van der Waals surface area contributed by atoms with Crippen molar-refractivity contribution in [2.24, 2.45) is 11.1 Å². The minimum Gasteiger partial charge on any atom is -0.326 e. The zero-order valence-corrected chi connectivity index (χ0v) is 13.4. The van der Waals surface area contributed by atoms with Crippen LogP contribution >= 0.6 is 0 Å². The maximum atomic E-state index is 12.4. The van der Waals surface area contributed by atoms with E-state index in [0.29, 0.717) is 12.0 Å². The summed E-state index contributed by atoms with van der Waals surface area (Å²) in [6, 6.07) is 7.63. The Labute approximate surface area is 127 Å². The third-order valence-electron chi connectivity index (χ3n) is 4.51. The minimum absolute atomic E-state index is 0.0591. The van der Waals surface area contributed by atoms with Crippen molar-refractivity contribution < 1.29 is 4.79 Å². The molecule has 1 aromatic carbocycles. The summed E-state index contributed by atoms with van der Waals surface area (Å²) >= 11 is 0. The molecule has 4 nitrogen and oxygen atoms in total. The Bertz CT molecular complexity index is 489. The molecular formula is C17H27N3O. The van der Waals surface area contributed by atoms with E-state index >= 15 is 0 Å². The summed E-state index contributed by atoms with van der Waals surface area (Å²) in [6.45, 7) is 9.05. The zero-order valence-electron chi connectivity index (χ0n) is 13.4. The van der Waals surface area contributed by atoms with E-state index in [1.165, 1.54) is 0 Å². The van der Waals surface area contributed by atoms with Gasteiger partial charge in [-0.3, -0.25) is 9.69 Å². The van der Waals surface area contributed by atoms with E-state index < -0.39 is 0 Å². The lowest BCUT2D eigenvalue weighted by molar-refractivity contribution is -0.121. The lowest BCUT2D eigenvalue weighted by atomic mass is 9.82. The van der Waals surface area contributed by atoms with Crippen LogP contribution in [0, 0.1) is 5.41 Å². The number of amides is 1. The summed E-state index contributed by atoms with van der Waals surface area (Å²) in [5.41, 5.74) is 7.89. The number of hydrogen-bond acceptors (Lipinski definition) is 3. The van der Waals surface area contributed by atoms with E-state index in [1.807, 2.05) is 31.2 Å². The molecule has 1 aliphatic heterocycles. The number of anilines is 1.